The number of aromatic nitrogens is 4. The van der Waals surface area contributed by atoms with Crippen LogP contribution in [0.25, 0.3) is 0 Å². The molecular weight excluding hydrogens is 256 g/mol. The van der Waals surface area contributed by atoms with Crippen LogP contribution in [0.15, 0.2) is 17.3 Å². The average molecular weight is 270 g/mol. The Kier molecular flexibility index (Phi) is 3.09. The number of aromatic amines is 1. The predicted octanol–water partition coefficient (Wildman–Crippen LogP) is -0.488. The van der Waals surface area contributed by atoms with Crippen LogP contribution in [-0.2, 0) is 23.6 Å². The molecule has 0 aliphatic heterocycles. The maximum absolute atomic E-state index is 12.1. The topological polar surface area (TPSA) is 119 Å². The number of rotatable bonds is 4. The van der Waals surface area contributed by atoms with Crippen molar-refractivity contribution >= 4 is 15.8 Å². The van der Waals surface area contributed by atoms with E-state index in [4.69, 9.17) is 5.73 Å². The van der Waals surface area contributed by atoms with E-state index in [0.29, 0.717) is 11.5 Å². The second-order valence-electron chi connectivity index (χ2n) is 3.78. The second-order valence-corrected chi connectivity index (χ2v) is 5.49. The largest absolute Gasteiger partial charge is 0.381 e. The number of hydrogen-bond donors (Lipinski definition) is 3. The molecule has 0 saturated heterocycles. The van der Waals surface area contributed by atoms with Crippen LogP contribution in [0.4, 0.5) is 5.82 Å². The minimum absolute atomic E-state index is 0.0107. The first-order valence-corrected chi connectivity index (χ1v) is 6.67. The monoisotopic (exact) mass is 270 g/mol. The van der Waals surface area contributed by atoms with Crippen LogP contribution in [0.1, 0.15) is 11.5 Å². The molecule has 18 heavy (non-hydrogen) atoms. The van der Waals surface area contributed by atoms with E-state index >= 15 is 0 Å². The summed E-state index contributed by atoms with van der Waals surface area (Å²) in [5, 5.41) is 3.87. The summed E-state index contributed by atoms with van der Waals surface area (Å²) < 4.78 is 28.0. The van der Waals surface area contributed by atoms with Crippen molar-refractivity contribution in [2.24, 2.45) is 7.05 Å². The number of hydrogen-bond acceptors (Lipinski definition) is 5. The molecule has 2 aromatic heterocycles. The maximum Gasteiger partial charge on any atom is 0.246 e. The van der Waals surface area contributed by atoms with E-state index in [2.05, 4.69) is 19.8 Å². The minimum atomic E-state index is -3.70. The molecule has 0 amide bonds. The lowest BCUT2D eigenvalue weighted by molar-refractivity contribution is 0.579. The number of sulfonamides is 1. The Labute approximate surface area is 104 Å². The van der Waals surface area contributed by atoms with E-state index in [1.165, 1.54) is 4.68 Å². The molecule has 4 N–H and O–H groups in total. The molecule has 9 heteroatoms. The van der Waals surface area contributed by atoms with E-state index < -0.39 is 10.0 Å². The highest BCUT2D eigenvalue weighted by atomic mass is 32.2. The van der Waals surface area contributed by atoms with Crippen LogP contribution < -0.4 is 10.5 Å². The normalized spacial score (nSPS) is 11.9. The molecule has 0 spiro atoms. The van der Waals surface area contributed by atoms with Gasteiger partial charge in [0, 0.05) is 19.4 Å². The number of nitrogens with zero attached hydrogens (tertiary/aromatic N) is 3. The number of imidazole rings is 1. The molecule has 0 atom stereocenters. The second kappa shape index (κ2) is 4.42. The number of nitrogen functional groups attached to an aromatic ring is 1. The van der Waals surface area contributed by atoms with Crippen LogP contribution in [0.5, 0.6) is 0 Å². The van der Waals surface area contributed by atoms with Gasteiger partial charge in [-0.3, -0.25) is 4.68 Å². The van der Waals surface area contributed by atoms with Gasteiger partial charge in [-0.05, 0) is 6.92 Å². The summed E-state index contributed by atoms with van der Waals surface area (Å²) >= 11 is 0. The lowest BCUT2D eigenvalue weighted by Crippen LogP contribution is -2.25. The molecule has 0 radical (unpaired) electrons. The first-order chi connectivity index (χ1) is 8.42. The van der Waals surface area contributed by atoms with E-state index in [1.54, 1.807) is 26.4 Å². The van der Waals surface area contributed by atoms with Crippen LogP contribution in [0, 0.1) is 6.92 Å². The maximum atomic E-state index is 12.1. The molecule has 0 aromatic carbocycles. The van der Waals surface area contributed by atoms with Crippen molar-refractivity contribution in [3.05, 3.63) is 23.9 Å². The van der Waals surface area contributed by atoms with Gasteiger partial charge in [0.15, 0.2) is 5.82 Å². The first-order valence-electron chi connectivity index (χ1n) is 5.19. The zero-order valence-corrected chi connectivity index (χ0v) is 10.8. The van der Waals surface area contributed by atoms with Gasteiger partial charge in [0.25, 0.3) is 0 Å². The molecule has 2 aromatic rings. The molecule has 0 bridgehead atoms. The van der Waals surface area contributed by atoms with Gasteiger partial charge >= 0.3 is 0 Å². The number of aryl methyl sites for hydroxylation is 1. The van der Waals surface area contributed by atoms with Crippen LogP contribution in [-0.4, -0.2) is 28.2 Å². The van der Waals surface area contributed by atoms with Crippen molar-refractivity contribution in [3.8, 4) is 0 Å². The highest BCUT2D eigenvalue weighted by molar-refractivity contribution is 7.89. The summed E-state index contributed by atoms with van der Waals surface area (Å²) in [5.41, 5.74) is 6.09. The highest BCUT2D eigenvalue weighted by Crippen LogP contribution is 2.20. The van der Waals surface area contributed by atoms with E-state index in [0.717, 1.165) is 0 Å². The SMILES string of the molecule is Cc1c(S(=O)(=O)NCc2ncc[nH]2)c(N)nn1C. The van der Waals surface area contributed by atoms with Gasteiger partial charge in [-0.15, -0.1) is 0 Å². The van der Waals surface area contributed by atoms with Gasteiger partial charge in [-0.25, -0.2) is 18.1 Å². The van der Waals surface area contributed by atoms with Crippen molar-refractivity contribution in [1.82, 2.24) is 24.5 Å². The molecule has 8 nitrogen and oxygen atoms in total. The van der Waals surface area contributed by atoms with Crippen molar-refractivity contribution < 1.29 is 8.42 Å². The zero-order valence-electron chi connectivity index (χ0n) is 10.0. The van der Waals surface area contributed by atoms with Gasteiger partial charge in [0.2, 0.25) is 10.0 Å². The third-order valence-electron chi connectivity index (χ3n) is 2.56. The fraction of sp³-hybridized carbons (Fsp3) is 0.333. The van der Waals surface area contributed by atoms with Gasteiger partial charge in [-0.2, -0.15) is 5.10 Å². The van der Waals surface area contributed by atoms with Crippen LogP contribution >= 0.6 is 0 Å². The van der Waals surface area contributed by atoms with E-state index in [9.17, 15) is 8.42 Å². The standard InChI is InChI=1S/C9H14N6O2S/c1-6-8(9(10)14-15(6)2)18(16,17)13-5-7-11-3-4-12-7/h3-4,13H,5H2,1-2H3,(H2,10,14)(H,11,12). The third-order valence-corrected chi connectivity index (χ3v) is 4.12. The molecule has 2 rings (SSSR count). The quantitative estimate of drug-likeness (QED) is 0.693. The molecular formula is C9H14N6O2S. The average Bonchev–Trinajstić information content (AvgIpc) is 2.86. The number of nitrogens with one attached hydrogen (secondary N) is 2. The molecule has 0 aliphatic carbocycles. The fourth-order valence-corrected chi connectivity index (χ4v) is 2.88. The predicted molar refractivity (Wildman–Crippen MR) is 65.0 cm³/mol. The summed E-state index contributed by atoms with van der Waals surface area (Å²) in [6.07, 6.45) is 3.17. The van der Waals surface area contributed by atoms with Crippen molar-refractivity contribution in [2.45, 2.75) is 18.4 Å². The molecule has 0 unspecified atom stereocenters. The van der Waals surface area contributed by atoms with E-state index in [1.807, 2.05) is 0 Å². The van der Waals surface area contributed by atoms with E-state index in [-0.39, 0.29) is 17.3 Å². The summed E-state index contributed by atoms with van der Waals surface area (Å²) in [5.74, 6) is 0.514. The van der Waals surface area contributed by atoms with Crippen LogP contribution in [0.3, 0.4) is 0 Å². The van der Waals surface area contributed by atoms with Gasteiger partial charge in [0.05, 0.1) is 12.2 Å². The Morgan fingerprint density at radius 3 is 2.78 bits per heavy atom. The molecule has 2 heterocycles. The van der Waals surface area contributed by atoms with Crippen molar-refractivity contribution in [3.63, 3.8) is 0 Å². The first kappa shape index (κ1) is 12.6. The molecule has 0 aliphatic rings. The van der Waals surface area contributed by atoms with Crippen molar-refractivity contribution in [2.75, 3.05) is 5.73 Å². The molecule has 0 fully saturated rings. The minimum Gasteiger partial charge on any atom is -0.381 e. The lowest BCUT2D eigenvalue weighted by Gasteiger charge is -2.05. The summed E-state index contributed by atoms with van der Waals surface area (Å²) in [6.45, 7) is 1.72. The number of anilines is 1. The smallest absolute Gasteiger partial charge is 0.246 e. The van der Waals surface area contributed by atoms with Gasteiger partial charge < -0.3 is 10.7 Å². The molecule has 0 saturated carbocycles. The fourth-order valence-electron chi connectivity index (χ4n) is 1.58. The van der Waals surface area contributed by atoms with Gasteiger partial charge in [-0.1, -0.05) is 0 Å². The Balaban J connectivity index is 2.26. The zero-order chi connectivity index (χ0) is 13.3. The lowest BCUT2D eigenvalue weighted by atomic mass is 10.5. The number of H-pyrrole nitrogens is 1. The Bertz CT molecular complexity index is 643. The Hall–Kier alpha value is -1.87. The third kappa shape index (κ3) is 2.22. The highest BCUT2D eigenvalue weighted by Gasteiger charge is 2.24. The Morgan fingerprint density at radius 2 is 2.28 bits per heavy atom. The van der Waals surface area contributed by atoms with Gasteiger partial charge in [0.1, 0.15) is 10.7 Å². The number of nitrogens with two attached hydrogens (primary N) is 1. The Morgan fingerprint density at radius 1 is 1.56 bits per heavy atom. The molecule has 98 valence electrons. The summed E-state index contributed by atoms with van der Waals surface area (Å²) in [7, 11) is -2.06. The summed E-state index contributed by atoms with van der Waals surface area (Å²) in [6, 6.07) is 0. The summed E-state index contributed by atoms with van der Waals surface area (Å²) in [4.78, 5) is 6.74. The van der Waals surface area contributed by atoms with Crippen molar-refractivity contribution in [1.29, 1.82) is 0 Å². The van der Waals surface area contributed by atoms with Crippen LogP contribution in [0.2, 0.25) is 0 Å².